The molecule has 0 aromatic heterocycles. The predicted octanol–water partition coefficient (Wildman–Crippen LogP) is 3.85. The quantitative estimate of drug-likeness (QED) is 0.878. The van der Waals surface area contributed by atoms with E-state index < -0.39 is 0 Å². The van der Waals surface area contributed by atoms with E-state index in [9.17, 15) is 4.79 Å². The van der Waals surface area contributed by atoms with Crippen molar-refractivity contribution in [2.45, 2.75) is 25.2 Å². The number of hydrogen-bond acceptors (Lipinski definition) is 2. The highest BCUT2D eigenvalue weighted by Crippen LogP contribution is 2.38. The van der Waals surface area contributed by atoms with Crippen LogP contribution in [0.2, 0.25) is 0 Å². The molecule has 2 heteroatoms. The van der Waals surface area contributed by atoms with Gasteiger partial charge in [0.2, 0.25) is 0 Å². The van der Waals surface area contributed by atoms with Crippen LogP contribution in [0.5, 0.6) is 0 Å². The number of ketones is 1. The topological polar surface area (TPSA) is 40.9 Å². The van der Waals surface area contributed by atoms with Gasteiger partial charge in [-0.05, 0) is 24.5 Å². The average Bonchev–Trinajstić information content (AvgIpc) is 2.75. The summed E-state index contributed by atoms with van der Waals surface area (Å²) in [6, 6.07) is 17.8. The standard InChI is InChI=1S/C18H17NO/c1-12-6-5-9-14(10-12)17-16(19)11-15(18(17)20)13-7-3-2-4-8-13/h2-10,15,17,19H,11H2,1H3. The van der Waals surface area contributed by atoms with Gasteiger partial charge in [-0.3, -0.25) is 4.79 Å². The van der Waals surface area contributed by atoms with Crippen molar-refractivity contribution in [2.24, 2.45) is 0 Å². The maximum Gasteiger partial charge on any atom is 0.153 e. The molecule has 0 bridgehead atoms. The highest BCUT2D eigenvalue weighted by atomic mass is 16.1. The van der Waals surface area contributed by atoms with Crippen molar-refractivity contribution in [1.82, 2.24) is 0 Å². The number of hydrogen-bond donors (Lipinski definition) is 1. The van der Waals surface area contributed by atoms with Crippen molar-refractivity contribution < 1.29 is 4.79 Å². The number of nitrogens with one attached hydrogen (secondary N) is 1. The first kappa shape index (κ1) is 12.8. The largest absolute Gasteiger partial charge is 0.309 e. The van der Waals surface area contributed by atoms with Gasteiger partial charge in [-0.25, -0.2) is 0 Å². The number of carbonyl (C=O) groups is 1. The summed E-state index contributed by atoms with van der Waals surface area (Å²) in [6.07, 6.45) is 0.543. The Morgan fingerprint density at radius 2 is 1.70 bits per heavy atom. The van der Waals surface area contributed by atoms with Crippen molar-refractivity contribution in [3.05, 3.63) is 71.3 Å². The summed E-state index contributed by atoms with van der Waals surface area (Å²) in [6.45, 7) is 2.02. The zero-order valence-electron chi connectivity index (χ0n) is 11.5. The lowest BCUT2D eigenvalue weighted by atomic mass is 9.91. The molecular formula is C18H17NO. The van der Waals surface area contributed by atoms with Crippen LogP contribution in [-0.2, 0) is 4.79 Å². The second-order valence-corrected chi connectivity index (χ2v) is 5.44. The van der Waals surface area contributed by atoms with Gasteiger partial charge < -0.3 is 5.41 Å². The summed E-state index contributed by atoms with van der Waals surface area (Å²) in [5.41, 5.74) is 3.65. The van der Waals surface area contributed by atoms with Gasteiger partial charge in [-0.15, -0.1) is 0 Å². The molecule has 2 aromatic carbocycles. The highest BCUT2D eigenvalue weighted by Gasteiger charge is 2.40. The molecule has 1 aliphatic rings. The highest BCUT2D eigenvalue weighted by molar-refractivity contribution is 6.17. The van der Waals surface area contributed by atoms with Gasteiger partial charge in [0.25, 0.3) is 0 Å². The van der Waals surface area contributed by atoms with Crippen LogP contribution in [-0.4, -0.2) is 11.5 Å². The number of aryl methyl sites for hydroxylation is 1. The van der Waals surface area contributed by atoms with Crippen LogP contribution in [0.3, 0.4) is 0 Å². The van der Waals surface area contributed by atoms with Crippen LogP contribution in [0.1, 0.15) is 34.9 Å². The first-order valence-electron chi connectivity index (χ1n) is 6.89. The van der Waals surface area contributed by atoms with Crippen LogP contribution in [0, 0.1) is 12.3 Å². The molecule has 0 spiro atoms. The van der Waals surface area contributed by atoms with E-state index in [1.165, 1.54) is 0 Å². The van der Waals surface area contributed by atoms with E-state index in [-0.39, 0.29) is 17.6 Å². The Labute approximate surface area is 119 Å². The Kier molecular flexibility index (Phi) is 3.23. The predicted molar refractivity (Wildman–Crippen MR) is 80.5 cm³/mol. The monoisotopic (exact) mass is 263 g/mol. The fourth-order valence-corrected chi connectivity index (χ4v) is 2.99. The molecule has 20 heavy (non-hydrogen) atoms. The Hall–Kier alpha value is -2.22. The van der Waals surface area contributed by atoms with E-state index in [0.717, 1.165) is 16.7 Å². The molecule has 1 saturated carbocycles. The van der Waals surface area contributed by atoms with Crippen molar-refractivity contribution in [2.75, 3.05) is 0 Å². The van der Waals surface area contributed by atoms with Gasteiger partial charge in [-0.1, -0.05) is 60.2 Å². The summed E-state index contributed by atoms with van der Waals surface area (Å²) >= 11 is 0. The third-order valence-electron chi connectivity index (χ3n) is 3.98. The lowest BCUT2D eigenvalue weighted by Crippen LogP contribution is -2.14. The lowest BCUT2D eigenvalue weighted by molar-refractivity contribution is -0.119. The minimum atomic E-state index is -0.361. The van der Waals surface area contributed by atoms with Crippen molar-refractivity contribution >= 4 is 11.5 Å². The third-order valence-corrected chi connectivity index (χ3v) is 3.98. The van der Waals surface area contributed by atoms with Crippen LogP contribution in [0.15, 0.2) is 54.6 Å². The molecule has 2 unspecified atom stereocenters. The Morgan fingerprint density at radius 1 is 1.00 bits per heavy atom. The fraction of sp³-hybridized carbons (Fsp3) is 0.222. The Morgan fingerprint density at radius 3 is 2.40 bits per heavy atom. The van der Waals surface area contributed by atoms with E-state index >= 15 is 0 Å². The molecule has 100 valence electrons. The van der Waals surface area contributed by atoms with E-state index in [1.807, 2.05) is 61.5 Å². The first-order chi connectivity index (χ1) is 9.66. The van der Waals surface area contributed by atoms with Crippen molar-refractivity contribution in [3.63, 3.8) is 0 Å². The lowest BCUT2D eigenvalue weighted by Gasteiger charge is -2.11. The number of carbonyl (C=O) groups excluding carboxylic acids is 1. The van der Waals surface area contributed by atoms with Crippen LogP contribution < -0.4 is 0 Å². The molecule has 0 aliphatic heterocycles. The number of benzene rings is 2. The summed E-state index contributed by atoms with van der Waals surface area (Å²) in [5.74, 6) is -0.360. The normalized spacial score (nSPS) is 22.2. The summed E-state index contributed by atoms with van der Waals surface area (Å²) < 4.78 is 0. The molecule has 0 heterocycles. The maximum absolute atomic E-state index is 12.7. The van der Waals surface area contributed by atoms with Gasteiger partial charge >= 0.3 is 0 Å². The third kappa shape index (κ3) is 2.18. The van der Waals surface area contributed by atoms with Gasteiger partial charge in [0.05, 0.1) is 5.92 Å². The molecule has 2 nitrogen and oxygen atoms in total. The van der Waals surface area contributed by atoms with Crippen molar-refractivity contribution in [1.29, 1.82) is 5.41 Å². The maximum atomic E-state index is 12.7. The first-order valence-corrected chi connectivity index (χ1v) is 6.89. The molecule has 1 aliphatic carbocycles. The molecule has 1 N–H and O–H groups in total. The molecule has 2 atom stereocenters. The van der Waals surface area contributed by atoms with Crippen LogP contribution in [0.4, 0.5) is 0 Å². The number of rotatable bonds is 2. The van der Waals surface area contributed by atoms with Gasteiger partial charge in [0.1, 0.15) is 0 Å². The zero-order valence-corrected chi connectivity index (χ0v) is 11.5. The van der Waals surface area contributed by atoms with Crippen LogP contribution >= 0.6 is 0 Å². The van der Waals surface area contributed by atoms with Gasteiger partial charge in [0, 0.05) is 11.6 Å². The van der Waals surface area contributed by atoms with E-state index in [4.69, 9.17) is 5.41 Å². The minimum Gasteiger partial charge on any atom is -0.309 e. The summed E-state index contributed by atoms with van der Waals surface area (Å²) in [5, 5.41) is 8.20. The number of Topliss-reactive ketones (excluding diaryl/α,β-unsaturated/α-hetero) is 1. The molecule has 0 amide bonds. The zero-order chi connectivity index (χ0) is 14.1. The fourth-order valence-electron chi connectivity index (χ4n) is 2.99. The smallest absolute Gasteiger partial charge is 0.153 e. The molecule has 0 radical (unpaired) electrons. The minimum absolute atomic E-state index is 0.158. The Bertz CT molecular complexity index is 660. The SMILES string of the molecule is Cc1cccc(C2C(=N)CC(c3ccccc3)C2=O)c1. The molecule has 0 saturated heterocycles. The average molecular weight is 263 g/mol. The van der Waals surface area contributed by atoms with E-state index in [0.29, 0.717) is 12.1 Å². The molecular weight excluding hydrogens is 246 g/mol. The summed E-state index contributed by atoms with van der Waals surface area (Å²) in [7, 11) is 0. The summed E-state index contributed by atoms with van der Waals surface area (Å²) in [4.78, 5) is 12.7. The van der Waals surface area contributed by atoms with E-state index in [2.05, 4.69) is 0 Å². The van der Waals surface area contributed by atoms with E-state index in [1.54, 1.807) is 0 Å². The van der Waals surface area contributed by atoms with Gasteiger partial charge in [-0.2, -0.15) is 0 Å². The second-order valence-electron chi connectivity index (χ2n) is 5.44. The molecule has 1 fully saturated rings. The van der Waals surface area contributed by atoms with Crippen molar-refractivity contribution in [3.8, 4) is 0 Å². The Balaban J connectivity index is 1.95. The molecule has 2 aromatic rings. The molecule has 3 rings (SSSR count). The van der Waals surface area contributed by atoms with Gasteiger partial charge in [0.15, 0.2) is 5.78 Å². The van der Waals surface area contributed by atoms with Crippen LogP contribution in [0.25, 0.3) is 0 Å². The second kappa shape index (κ2) is 5.04.